The maximum atomic E-state index is 15.1. The summed E-state index contributed by atoms with van der Waals surface area (Å²) in [6, 6.07) is 10.3. The molecule has 6 rings (SSSR count). The van der Waals surface area contributed by atoms with Gasteiger partial charge < -0.3 is 28.8 Å². The number of halogens is 1. The molecular weight excluding hydrogens is 477 g/mol. The van der Waals surface area contributed by atoms with Crippen LogP contribution in [0, 0.1) is 18.2 Å². The molecule has 1 N–H and O–H groups in total. The average Bonchev–Trinajstić information content (AvgIpc) is 3.50. The fourth-order valence-electron chi connectivity index (χ4n) is 5.16. The highest BCUT2D eigenvalue weighted by molar-refractivity contribution is 5.89. The number of ether oxygens (including phenoxy) is 4. The van der Waals surface area contributed by atoms with Crippen molar-refractivity contribution in [3.63, 3.8) is 0 Å². The Kier molecular flexibility index (Phi) is 5.87. The highest BCUT2D eigenvalue weighted by Crippen LogP contribution is 2.39. The third kappa shape index (κ3) is 4.33. The number of H-pyrrole nitrogens is 1. The van der Waals surface area contributed by atoms with Crippen molar-refractivity contribution in [2.24, 2.45) is 5.41 Å². The number of rotatable bonds is 7. The van der Waals surface area contributed by atoms with Crippen LogP contribution >= 0.6 is 0 Å². The molecule has 0 atom stereocenters. The fourth-order valence-corrected chi connectivity index (χ4v) is 5.16. The molecule has 1 amide bonds. The number of aryl methyl sites for hydroxylation is 1. The zero-order valence-electron chi connectivity index (χ0n) is 20.8. The number of benzene rings is 2. The van der Waals surface area contributed by atoms with Gasteiger partial charge in [0.25, 0.3) is 0 Å². The number of hydrogen-bond donors (Lipinski definition) is 1. The molecule has 2 aromatic carbocycles. The van der Waals surface area contributed by atoms with Gasteiger partial charge >= 0.3 is 0 Å². The van der Waals surface area contributed by atoms with E-state index in [0.29, 0.717) is 39.1 Å². The van der Waals surface area contributed by atoms with Gasteiger partial charge in [0.05, 0.1) is 38.9 Å². The van der Waals surface area contributed by atoms with Crippen molar-refractivity contribution in [2.75, 3.05) is 40.0 Å². The van der Waals surface area contributed by atoms with Gasteiger partial charge in [-0.15, -0.1) is 0 Å². The van der Waals surface area contributed by atoms with Crippen LogP contribution in [0.25, 0.3) is 21.8 Å². The molecule has 0 unspecified atom stereocenters. The summed E-state index contributed by atoms with van der Waals surface area (Å²) in [4.78, 5) is 22.1. The zero-order valence-corrected chi connectivity index (χ0v) is 20.8. The third-order valence-electron chi connectivity index (χ3n) is 7.22. The van der Waals surface area contributed by atoms with Gasteiger partial charge in [0.1, 0.15) is 5.75 Å². The van der Waals surface area contributed by atoms with Gasteiger partial charge in [0.2, 0.25) is 5.91 Å². The van der Waals surface area contributed by atoms with Crippen molar-refractivity contribution in [1.82, 2.24) is 14.9 Å². The maximum absolute atomic E-state index is 15.1. The summed E-state index contributed by atoms with van der Waals surface area (Å²) in [5.74, 6) is 1.16. The molecule has 1 spiro atoms. The standard InChI is InChI=1S/C28H28FN3O5/c1-17-11-19-20(31-17)3-4-23(27(19)29)37-22-5-8-30-21-13-25(24(34-2)12-18(21)22)36-10-6-26(33)32-9-7-28(14-32)15-35-16-28/h3-5,8,11-13,31H,6-7,9-10,14-16H2,1-2H3. The summed E-state index contributed by atoms with van der Waals surface area (Å²) in [6.07, 6.45) is 2.87. The number of amides is 1. The van der Waals surface area contributed by atoms with Crippen LogP contribution in [0.4, 0.5) is 4.39 Å². The highest BCUT2D eigenvalue weighted by Gasteiger charge is 2.45. The Hall–Kier alpha value is -3.85. The number of aromatic amines is 1. The number of carbonyl (C=O) groups is 1. The minimum Gasteiger partial charge on any atom is -0.493 e. The van der Waals surface area contributed by atoms with Gasteiger partial charge in [0.15, 0.2) is 23.1 Å². The lowest BCUT2D eigenvalue weighted by Crippen LogP contribution is -2.45. The predicted molar refractivity (Wildman–Crippen MR) is 136 cm³/mol. The molecule has 2 aromatic heterocycles. The van der Waals surface area contributed by atoms with Crippen LogP contribution in [-0.2, 0) is 9.53 Å². The van der Waals surface area contributed by atoms with E-state index in [1.54, 1.807) is 49.7 Å². The summed E-state index contributed by atoms with van der Waals surface area (Å²) in [5, 5.41) is 1.12. The summed E-state index contributed by atoms with van der Waals surface area (Å²) in [5.41, 5.74) is 2.35. The second-order valence-corrected chi connectivity index (χ2v) is 9.88. The number of pyridine rings is 1. The minimum atomic E-state index is -0.433. The molecule has 9 heteroatoms. The normalized spacial score (nSPS) is 16.4. The second-order valence-electron chi connectivity index (χ2n) is 9.88. The lowest BCUT2D eigenvalue weighted by molar-refractivity contribution is -0.135. The first kappa shape index (κ1) is 23.5. The van der Waals surface area contributed by atoms with Crippen molar-refractivity contribution < 1.29 is 28.1 Å². The number of carbonyl (C=O) groups excluding carboxylic acids is 1. The van der Waals surface area contributed by atoms with Crippen molar-refractivity contribution in [2.45, 2.75) is 19.8 Å². The molecule has 2 aliphatic heterocycles. The van der Waals surface area contributed by atoms with Crippen LogP contribution in [0.3, 0.4) is 0 Å². The Morgan fingerprint density at radius 3 is 2.76 bits per heavy atom. The van der Waals surface area contributed by atoms with Crippen molar-refractivity contribution in [3.8, 4) is 23.0 Å². The summed E-state index contributed by atoms with van der Waals surface area (Å²) >= 11 is 0. The van der Waals surface area contributed by atoms with Crippen LogP contribution < -0.4 is 14.2 Å². The first-order valence-electron chi connectivity index (χ1n) is 12.4. The van der Waals surface area contributed by atoms with E-state index in [0.717, 1.165) is 38.4 Å². The number of nitrogens with one attached hydrogen (secondary N) is 1. The molecule has 0 radical (unpaired) electrons. The average molecular weight is 506 g/mol. The lowest BCUT2D eigenvalue weighted by Gasteiger charge is -2.37. The van der Waals surface area contributed by atoms with Gasteiger partial charge in [0, 0.05) is 52.8 Å². The van der Waals surface area contributed by atoms with Crippen LogP contribution in [-0.4, -0.2) is 60.8 Å². The first-order valence-corrected chi connectivity index (χ1v) is 12.4. The van der Waals surface area contributed by atoms with Gasteiger partial charge in [-0.25, -0.2) is 4.39 Å². The van der Waals surface area contributed by atoms with E-state index in [9.17, 15) is 4.79 Å². The molecule has 8 nitrogen and oxygen atoms in total. The lowest BCUT2D eigenvalue weighted by atomic mass is 9.85. The van der Waals surface area contributed by atoms with Crippen LogP contribution in [0.15, 0.2) is 42.6 Å². The van der Waals surface area contributed by atoms with E-state index in [-0.39, 0.29) is 30.1 Å². The van der Waals surface area contributed by atoms with E-state index in [2.05, 4.69) is 9.97 Å². The van der Waals surface area contributed by atoms with Gasteiger partial charge in [-0.1, -0.05) is 0 Å². The number of methoxy groups -OCH3 is 1. The van der Waals surface area contributed by atoms with Crippen molar-refractivity contribution >= 4 is 27.7 Å². The Morgan fingerprint density at radius 1 is 1.14 bits per heavy atom. The number of aromatic nitrogens is 2. The molecule has 0 bridgehead atoms. The molecule has 37 heavy (non-hydrogen) atoms. The quantitative estimate of drug-likeness (QED) is 0.381. The van der Waals surface area contributed by atoms with E-state index in [1.807, 2.05) is 11.8 Å². The molecule has 4 aromatic rings. The molecule has 4 heterocycles. The molecule has 2 fully saturated rings. The maximum Gasteiger partial charge on any atom is 0.226 e. The molecule has 2 aliphatic rings. The third-order valence-corrected chi connectivity index (χ3v) is 7.22. The molecule has 0 aliphatic carbocycles. The van der Waals surface area contributed by atoms with E-state index in [4.69, 9.17) is 18.9 Å². The zero-order chi connectivity index (χ0) is 25.6. The van der Waals surface area contributed by atoms with Crippen LogP contribution in [0.2, 0.25) is 0 Å². The first-order chi connectivity index (χ1) is 17.9. The van der Waals surface area contributed by atoms with Crippen molar-refractivity contribution in [1.29, 1.82) is 0 Å². The Morgan fingerprint density at radius 2 is 2.00 bits per heavy atom. The highest BCUT2D eigenvalue weighted by atomic mass is 19.1. The second kappa shape index (κ2) is 9.23. The molecule has 2 saturated heterocycles. The minimum absolute atomic E-state index is 0.0777. The Labute approximate surface area is 213 Å². The molecule has 192 valence electrons. The monoisotopic (exact) mass is 505 g/mol. The van der Waals surface area contributed by atoms with E-state index >= 15 is 4.39 Å². The summed E-state index contributed by atoms with van der Waals surface area (Å²) in [6.45, 7) is 5.11. The van der Waals surface area contributed by atoms with Gasteiger partial charge in [-0.3, -0.25) is 9.78 Å². The number of fused-ring (bicyclic) bond motifs is 2. The van der Waals surface area contributed by atoms with Gasteiger partial charge in [-0.2, -0.15) is 0 Å². The van der Waals surface area contributed by atoms with E-state index < -0.39 is 5.82 Å². The molecule has 0 saturated carbocycles. The fraction of sp³-hybridized carbons (Fsp3) is 0.357. The van der Waals surface area contributed by atoms with Gasteiger partial charge in [-0.05, 0) is 43.7 Å². The molecular formula is C28H28FN3O5. The summed E-state index contributed by atoms with van der Waals surface area (Å²) in [7, 11) is 1.54. The number of likely N-dealkylation sites (tertiary alicyclic amines) is 1. The van der Waals surface area contributed by atoms with Crippen LogP contribution in [0.5, 0.6) is 23.0 Å². The number of hydrogen-bond acceptors (Lipinski definition) is 6. The van der Waals surface area contributed by atoms with E-state index in [1.165, 1.54) is 0 Å². The van der Waals surface area contributed by atoms with Crippen molar-refractivity contribution in [3.05, 3.63) is 54.1 Å². The number of nitrogens with zero attached hydrogens (tertiary/aromatic N) is 2. The Balaban J connectivity index is 1.19. The summed E-state index contributed by atoms with van der Waals surface area (Å²) < 4.78 is 38.0. The predicted octanol–water partition coefficient (Wildman–Crippen LogP) is 4.98. The topological polar surface area (TPSA) is 85.9 Å². The van der Waals surface area contributed by atoms with Crippen LogP contribution in [0.1, 0.15) is 18.5 Å². The largest absolute Gasteiger partial charge is 0.493 e. The SMILES string of the molecule is COc1cc2c(Oc3ccc4[nH]c(C)cc4c3F)ccnc2cc1OCCC(=O)N1CCC2(COC2)C1. The smallest absolute Gasteiger partial charge is 0.226 e. The Bertz CT molecular complexity index is 1500.